The number of phenols is 1. The minimum Gasteiger partial charge on any atom is -0.507 e. The van der Waals surface area contributed by atoms with E-state index in [0.717, 1.165) is 10.5 Å². The number of allylic oxidation sites excluding steroid dienone is 1. The quantitative estimate of drug-likeness (QED) is 0.354. The number of carbonyl (C=O) groups excluding carboxylic acids is 3. The number of carbonyl (C=O) groups is 3. The highest BCUT2D eigenvalue weighted by Crippen LogP contribution is 2.22. The molecule has 1 aliphatic heterocycles. The van der Waals surface area contributed by atoms with Crippen molar-refractivity contribution >= 4 is 23.9 Å². The van der Waals surface area contributed by atoms with Gasteiger partial charge in [-0.2, -0.15) is 5.10 Å². The van der Waals surface area contributed by atoms with Crippen LogP contribution in [-0.4, -0.2) is 40.5 Å². The minimum absolute atomic E-state index is 0.0210. The molecule has 0 aromatic heterocycles. The minimum atomic E-state index is -0.622. The Morgan fingerprint density at radius 2 is 1.81 bits per heavy atom. The number of hydrogen-bond acceptors (Lipinski definition) is 5. The number of benzene rings is 2. The van der Waals surface area contributed by atoms with Crippen molar-refractivity contribution in [1.29, 1.82) is 0 Å². The maximum atomic E-state index is 12.2. The summed E-state index contributed by atoms with van der Waals surface area (Å²) in [6, 6.07) is 11.5. The highest BCUT2D eigenvalue weighted by molar-refractivity contribution is 6.22. The van der Waals surface area contributed by atoms with Gasteiger partial charge in [0.25, 0.3) is 17.7 Å². The van der Waals surface area contributed by atoms with Crippen molar-refractivity contribution in [3.05, 3.63) is 77.4 Å². The van der Waals surface area contributed by atoms with E-state index in [-0.39, 0.29) is 16.9 Å². The van der Waals surface area contributed by atoms with Crippen LogP contribution in [0, 0.1) is 0 Å². The normalized spacial score (nSPS) is 13.1. The first-order valence-electron chi connectivity index (χ1n) is 8.21. The summed E-state index contributed by atoms with van der Waals surface area (Å²) in [4.78, 5) is 37.3. The molecule has 27 heavy (non-hydrogen) atoms. The zero-order chi connectivity index (χ0) is 19.4. The Hall–Kier alpha value is -3.74. The molecule has 0 aliphatic carbocycles. The third kappa shape index (κ3) is 3.77. The van der Waals surface area contributed by atoms with Crippen molar-refractivity contribution in [3.63, 3.8) is 0 Å². The second kappa shape index (κ2) is 7.65. The first kappa shape index (κ1) is 18.1. The Morgan fingerprint density at radius 3 is 2.41 bits per heavy atom. The summed E-state index contributed by atoms with van der Waals surface area (Å²) in [6.07, 6.45) is 3.64. The van der Waals surface area contributed by atoms with Gasteiger partial charge in [0.05, 0.1) is 17.3 Å². The van der Waals surface area contributed by atoms with Crippen LogP contribution in [0.3, 0.4) is 0 Å². The Bertz CT molecular complexity index is 930. The lowest BCUT2D eigenvalue weighted by atomic mass is 10.1. The number of amides is 3. The van der Waals surface area contributed by atoms with Crippen LogP contribution >= 0.6 is 0 Å². The maximum absolute atomic E-state index is 12.2. The van der Waals surface area contributed by atoms with Crippen LogP contribution < -0.4 is 5.43 Å². The lowest BCUT2D eigenvalue weighted by Gasteiger charge is -2.11. The van der Waals surface area contributed by atoms with Crippen LogP contribution in [0.4, 0.5) is 0 Å². The topological polar surface area (TPSA) is 99.1 Å². The third-order valence-electron chi connectivity index (χ3n) is 4.05. The van der Waals surface area contributed by atoms with Gasteiger partial charge < -0.3 is 5.11 Å². The van der Waals surface area contributed by atoms with E-state index in [0.29, 0.717) is 12.0 Å². The molecule has 0 bridgehead atoms. The molecule has 7 nitrogen and oxygen atoms in total. The molecular weight excluding hydrogens is 346 g/mol. The van der Waals surface area contributed by atoms with Crippen molar-refractivity contribution in [2.75, 3.05) is 6.54 Å². The number of hydrazone groups is 1. The number of phenolic OH excluding ortho intramolecular Hbond substituents is 1. The molecule has 1 aliphatic rings. The predicted octanol–water partition coefficient (Wildman–Crippen LogP) is 1.87. The molecule has 0 unspecified atom stereocenters. The molecule has 3 amide bonds. The van der Waals surface area contributed by atoms with E-state index < -0.39 is 24.3 Å². The number of aromatic hydroxyl groups is 1. The molecule has 2 aromatic carbocycles. The fraction of sp³-hybridized carbons (Fsp3) is 0.100. The van der Waals surface area contributed by atoms with Crippen LogP contribution in [0.25, 0.3) is 0 Å². The summed E-state index contributed by atoms with van der Waals surface area (Å²) in [5.41, 5.74) is 4.13. The molecular formula is C20H17N3O4. The summed E-state index contributed by atoms with van der Waals surface area (Å²) in [5, 5.41) is 13.7. The van der Waals surface area contributed by atoms with Crippen LogP contribution in [0.2, 0.25) is 0 Å². The van der Waals surface area contributed by atoms with E-state index in [2.05, 4.69) is 17.1 Å². The lowest BCUT2D eigenvalue weighted by Crippen LogP contribution is -2.38. The Kier molecular flexibility index (Phi) is 5.12. The van der Waals surface area contributed by atoms with Crippen LogP contribution in [0.1, 0.15) is 31.8 Å². The molecule has 0 saturated carbocycles. The van der Waals surface area contributed by atoms with Crippen molar-refractivity contribution in [3.8, 4) is 5.75 Å². The molecule has 136 valence electrons. The van der Waals surface area contributed by atoms with Gasteiger partial charge in [0.15, 0.2) is 0 Å². The first-order chi connectivity index (χ1) is 13.0. The van der Waals surface area contributed by atoms with Gasteiger partial charge in [-0.25, -0.2) is 5.43 Å². The molecule has 0 saturated heterocycles. The van der Waals surface area contributed by atoms with E-state index in [1.165, 1.54) is 6.21 Å². The number of imide groups is 1. The van der Waals surface area contributed by atoms with Gasteiger partial charge in [-0.3, -0.25) is 19.3 Å². The van der Waals surface area contributed by atoms with E-state index in [9.17, 15) is 19.5 Å². The zero-order valence-electron chi connectivity index (χ0n) is 14.4. The molecule has 0 fully saturated rings. The SMILES string of the molecule is C=CCc1ccc(/C=N\NC(=O)CN2C(=O)c3ccccc3C2=O)c(O)c1. The average molecular weight is 363 g/mol. The highest BCUT2D eigenvalue weighted by atomic mass is 16.3. The van der Waals surface area contributed by atoms with Gasteiger partial charge in [-0.1, -0.05) is 24.3 Å². The highest BCUT2D eigenvalue weighted by Gasteiger charge is 2.36. The van der Waals surface area contributed by atoms with Crippen molar-refractivity contribution in [1.82, 2.24) is 10.3 Å². The second-order valence-corrected chi connectivity index (χ2v) is 5.92. The number of nitrogens with zero attached hydrogens (tertiary/aromatic N) is 2. The van der Waals surface area contributed by atoms with Crippen molar-refractivity contribution in [2.24, 2.45) is 5.10 Å². The standard InChI is InChI=1S/C20H17N3O4/c1-2-5-13-8-9-14(17(24)10-13)11-21-22-18(25)12-23-19(26)15-6-3-4-7-16(15)20(23)27/h2-4,6-11,24H,1,5,12H2,(H,22,25)/b21-11-. The van der Waals surface area contributed by atoms with Crippen LogP contribution in [0.5, 0.6) is 5.75 Å². The summed E-state index contributed by atoms with van der Waals surface area (Å²) in [5.74, 6) is -1.62. The van der Waals surface area contributed by atoms with Gasteiger partial charge in [0.2, 0.25) is 0 Å². The molecule has 0 spiro atoms. The number of rotatable bonds is 6. The molecule has 3 rings (SSSR count). The number of fused-ring (bicyclic) bond motifs is 1. The van der Waals surface area contributed by atoms with E-state index in [4.69, 9.17) is 0 Å². The average Bonchev–Trinajstić information content (AvgIpc) is 2.89. The smallest absolute Gasteiger partial charge is 0.262 e. The van der Waals surface area contributed by atoms with Crippen molar-refractivity contribution < 1.29 is 19.5 Å². The van der Waals surface area contributed by atoms with E-state index >= 15 is 0 Å². The van der Waals surface area contributed by atoms with Crippen LogP contribution in [0.15, 0.2) is 60.2 Å². The fourth-order valence-corrected chi connectivity index (χ4v) is 2.73. The van der Waals surface area contributed by atoms with E-state index in [1.54, 1.807) is 42.5 Å². The predicted molar refractivity (Wildman–Crippen MR) is 99.6 cm³/mol. The summed E-state index contributed by atoms with van der Waals surface area (Å²) >= 11 is 0. The van der Waals surface area contributed by atoms with Gasteiger partial charge in [0.1, 0.15) is 12.3 Å². The maximum Gasteiger partial charge on any atom is 0.262 e. The molecule has 0 radical (unpaired) electrons. The molecule has 0 atom stereocenters. The number of nitrogens with one attached hydrogen (secondary N) is 1. The first-order valence-corrected chi connectivity index (χ1v) is 8.21. The third-order valence-corrected chi connectivity index (χ3v) is 4.05. The number of hydrogen-bond donors (Lipinski definition) is 2. The summed E-state index contributed by atoms with van der Waals surface area (Å²) in [7, 11) is 0. The Balaban J connectivity index is 1.61. The van der Waals surface area contributed by atoms with Gasteiger partial charge in [-0.15, -0.1) is 6.58 Å². The summed E-state index contributed by atoms with van der Waals surface area (Å²) in [6.45, 7) is 3.20. The van der Waals surface area contributed by atoms with Crippen molar-refractivity contribution in [2.45, 2.75) is 6.42 Å². The fourth-order valence-electron chi connectivity index (χ4n) is 2.73. The van der Waals surface area contributed by atoms with Gasteiger partial charge >= 0.3 is 0 Å². The largest absolute Gasteiger partial charge is 0.507 e. The molecule has 2 N–H and O–H groups in total. The van der Waals surface area contributed by atoms with Gasteiger partial charge in [0, 0.05) is 5.56 Å². The monoisotopic (exact) mass is 363 g/mol. The summed E-state index contributed by atoms with van der Waals surface area (Å²) < 4.78 is 0. The van der Waals surface area contributed by atoms with Gasteiger partial charge in [-0.05, 0) is 36.2 Å². The molecule has 1 heterocycles. The second-order valence-electron chi connectivity index (χ2n) is 5.92. The Labute approximate surface area is 155 Å². The van der Waals surface area contributed by atoms with E-state index in [1.807, 2.05) is 6.07 Å². The Morgan fingerprint density at radius 1 is 1.15 bits per heavy atom. The van der Waals surface area contributed by atoms with Crippen LogP contribution in [-0.2, 0) is 11.2 Å². The molecule has 7 heteroatoms. The molecule has 2 aromatic rings. The lowest BCUT2D eigenvalue weighted by molar-refractivity contribution is -0.121. The zero-order valence-corrected chi connectivity index (χ0v) is 14.4.